The van der Waals surface area contributed by atoms with Crippen molar-refractivity contribution in [3.8, 4) is 0 Å². The molecule has 0 aliphatic carbocycles. The summed E-state index contributed by atoms with van der Waals surface area (Å²) in [4.78, 5) is 28.7. The van der Waals surface area contributed by atoms with Crippen LogP contribution in [0.4, 0.5) is 15.9 Å². The molecule has 0 bridgehead atoms. The summed E-state index contributed by atoms with van der Waals surface area (Å²) in [7, 11) is 1.46. The Morgan fingerprint density at radius 3 is 2.91 bits per heavy atom. The molecule has 1 aromatic carbocycles. The van der Waals surface area contributed by atoms with E-state index in [0.717, 1.165) is 30.5 Å². The number of aryl methyl sites for hydroxylation is 1. The molecule has 0 fully saturated rings. The Balaban J connectivity index is 1.99. The molecule has 3 rings (SSSR count). The van der Waals surface area contributed by atoms with Crippen LogP contribution in [0.3, 0.4) is 0 Å². The zero-order valence-corrected chi connectivity index (χ0v) is 12.7. The summed E-state index contributed by atoms with van der Waals surface area (Å²) in [6, 6.07) is 6.33. The van der Waals surface area contributed by atoms with Crippen LogP contribution in [0.5, 0.6) is 0 Å². The summed E-state index contributed by atoms with van der Waals surface area (Å²) in [5.41, 5.74) is 2.16. The standard InChI is InChI=1S/C17H16FN3O2/c1-19-17(23)14-5-4-13(8-15(14)18)21-6-2-3-12-7-11(10-22)9-20-16(12)21/h4-5,7-10H,2-3,6H2,1H3,(H,19,23). The van der Waals surface area contributed by atoms with E-state index in [9.17, 15) is 14.0 Å². The second-order valence-corrected chi connectivity index (χ2v) is 5.37. The molecule has 0 saturated heterocycles. The zero-order chi connectivity index (χ0) is 16.4. The van der Waals surface area contributed by atoms with Gasteiger partial charge in [0.15, 0.2) is 6.29 Å². The number of hydrogen-bond acceptors (Lipinski definition) is 4. The van der Waals surface area contributed by atoms with Crippen molar-refractivity contribution in [1.29, 1.82) is 0 Å². The van der Waals surface area contributed by atoms with Gasteiger partial charge >= 0.3 is 0 Å². The molecule has 2 heterocycles. The lowest BCUT2D eigenvalue weighted by Gasteiger charge is -2.30. The minimum absolute atomic E-state index is 0.0118. The smallest absolute Gasteiger partial charge is 0.253 e. The number of rotatable bonds is 3. The zero-order valence-electron chi connectivity index (χ0n) is 12.7. The molecule has 1 N–H and O–H groups in total. The van der Waals surface area contributed by atoms with Gasteiger partial charge in [0, 0.05) is 31.0 Å². The van der Waals surface area contributed by atoms with E-state index >= 15 is 0 Å². The molecule has 2 aromatic rings. The van der Waals surface area contributed by atoms with E-state index in [4.69, 9.17) is 0 Å². The van der Waals surface area contributed by atoms with Gasteiger partial charge in [-0.25, -0.2) is 9.37 Å². The van der Waals surface area contributed by atoms with E-state index in [0.29, 0.717) is 17.8 Å². The molecule has 118 valence electrons. The van der Waals surface area contributed by atoms with E-state index in [1.165, 1.54) is 25.4 Å². The van der Waals surface area contributed by atoms with Gasteiger partial charge in [0.25, 0.3) is 5.91 Å². The number of aromatic nitrogens is 1. The summed E-state index contributed by atoms with van der Waals surface area (Å²) in [5.74, 6) is -0.297. The van der Waals surface area contributed by atoms with Gasteiger partial charge in [-0.2, -0.15) is 0 Å². The van der Waals surface area contributed by atoms with Crippen LogP contribution in [-0.4, -0.2) is 30.8 Å². The first kappa shape index (κ1) is 15.1. The molecule has 1 aliphatic rings. The predicted molar refractivity (Wildman–Crippen MR) is 84.7 cm³/mol. The van der Waals surface area contributed by atoms with Crippen molar-refractivity contribution in [2.45, 2.75) is 12.8 Å². The van der Waals surface area contributed by atoms with Crippen molar-refractivity contribution < 1.29 is 14.0 Å². The third kappa shape index (κ3) is 2.79. The first-order valence-corrected chi connectivity index (χ1v) is 7.37. The van der Waals surface area contributed by atoms with Gasteiger partial charge in [-0.05, 0) is 42.7 Å². The molecule has 1 aromatic heterocycles. The van der Waals surface area contributed by atoms with Gasteiger partial charge in [0.1, 0.15) is 11.6 Å². The van der Waals surface area contributed by atoms with E-state index in [1.807, 2.05) is 11.0 Å². The summed E-state index contributed by atoms with van der Waals surface area (Å²) < 4.78 is 14.2. The highest BCUT2D eigenvalue weighted by Crippen LogP contribution is 2.32. The molecule has 23 heavy (non-hydrogen) atoms. The fourth-order valence-corrected chi connectivity index (χ4v) is 2.79. The fraction of sp³-hybridized carbons (Fsp3) is 0.235. The first-order chi connectivity index (χ1) is 11.1. The highest BCUT2D eigenvalue weighted by molar-refractivity contribution is 5.94. The minimum Gasteiger partial charge on any atom is -0.355 e. The topological polar surface area (TPSA) is 62.3 Å². The van der Waals surface area contributed by atoms with Crippen molar-refractivity contribution in [3.05, 3.63) is 53.0 Å². The molecule has 0 spiro atoms. The predicted octanol–water partition coefficient (Wildman–Crippen LogP) is 2.48. The molecular weight excluding hydrogens is 297 g/mol. The van der Waals surface area contributed by atoms with Gasteiger partial charge in [-0.3, -0.25) is 9.59 Å². The van der Waals surface area contributed by atoms with Crippen LogP contribution >= 0.6 is 0 Å². The lowest BCUT2D eigenvalue weighted by molar-refractivity contribution is 0.0959. The minimum atomic E-state index is -0.571. The van der Waals surface area contributed by atoms with Gasteiger partial charge < -0.3 is 10.2 Å². The van der Waals surface area contributed by atoms with Crippen LogP contribution in [0.1, 0.15) is 32.7 Å². The van der Waals surface area contributed by atoms with Gasteiger partial charge in [-0.1, -0.05) is 0 Å². The Bertz CT molecular complexity index is 776. The SMILES string of the molecule is CNC(=O)c1ccc(N2CCCc3cc(C=O)cnc32)cc1F. The fourth-order valence-electron chi connectivity index (χ4n) is 2.79. The number of amides is 1. The molecule has 1 aliphatic heterocycles. The van der Waals surface area contributed by atoms with E-state index in [-0.39, 0.29) is 5.56 Å². The van der Waals surface area contributed by atoms with Crippen LogP contribution in [0.15, 0.2) is 30.5 Å². The molecule has 1 amide bonds. The number of fused-ring (bicyclic) bond motifs is 1. The number of hydrogen-bond donors (Lipinski definition) is 1. The summed E-state index contributed by atoms with van der Waals surface area (Å²) in [6.07, 6.45) is 4.00. The van der Waals surface area contributed by atoms with Crippen molar-refractivity contribution in [2.24, 2.45) is 0 Å². The number of nitrogens with zero attached hydrogens (tertiary/aromatic N) is 2. The monoisotopic (exact) mass is 313 g/mol. The normalized spacial score (nSPS) is 13.4. The number of pyridine rings is 1. The second kappa shape index (κ2) is 6.16. The van der Waals surface area contributed by atoms with E-state index in [2.05, 4.69) is 10.3 Å². The van der Waals surface area contributed by atoms with Gasteiger partial charge in [0.2, 0.25) is 0 Å². The largest absolute Gasteiger partial charge is 0.355 e. The van der Waals surface area contributed by atoms with Crippen LogP contribution in [0.25, 0.3) is 0 Å². The molecule has 0 radical (unpaired) electrons. The Hall–Kier alpha value is -2.76. The average molecular weight is 313 g/mol. The number of nitrogens with one attached hydrogen (secondary N) is 1. The van der Waals surface area contributed by atoms with Gasteiger partial charge in [-0.15, -0.1) is 0 Å². The maximum Gasteiger partial charge on any atom is 0.253 e. The number of carbonyl (C=O) groups excluding carboxylic acids is 2. The number of anilines is 2. The highest BCUT2D eigenvalue weighted by Gasteiger charge is 2.21. The Kier molecular flexibility index (Phi) is 4.06. The number of aldehydes is 1. The Morgan fingerprint density at radius 1 is 1.39 bits per heavy atom. The summed E-state index contributed by atoms with van der Waals surface area (Å²) in [6.45, 7) is 0.708. The molecule has 0 saturated carbocycles. The van der Waals surface area contributed by atoms with Crippen LogP contribution < -0.4 is 10.2 Å². The summed E-state index contributed by atoms with van der Waals surface area (Å²) in [5, 5.41) is 2.41. The third-order valence-electron chi connectivity index (χ3n) is 3.92. The van der Waals surface area contributed by atoms with Crippen molar-refractivity contribution in [3.63, 3.8) is 0 Å². The molecule has 5 nitrogen and oxygen atoms in total. The van der Waals surface area contributed by atoms with E-state index in [1.54, 1.807) is 6.07 Å². The lowest BCUT2D eigenvalue weighted by atomic mass is 10.0. The Morgan fingerprint density at radius 2 is 2.22 bits per heavy atom. The van der Waals surface area contributed by atoms with Crippen LogP contribution in [0, 0.1) is 5.82 Å². The number of carbonyl (C=O) groups is 2. The Labute approximate surface area is 133 Å². The van der Waals surface area contributed by atoms with Crippen molar-refractivity contribution in [1.82, 2.24) is 10.3 Å². The van der Waals surface area contributed by atoms with Crippen LogP contribution in [-0.2, 0) is 6.42 Å². The highest BCUT2D eigenvalue weighted by atomic mass is 19.1. The summed E-state index contributed by atoms with van der Waals surface area (Å²) >= 11 is 0. The number of benzene rings is 1. The average Bonchev–Trinajstić information content (AvgIpc) is 2.59. The molecular formula is C17H16FN3O2. The quantitative estimate of drug-likeness (QED) is 0.884. The van der Waals surface area contributed by atoms with Crippen molar-refractivity contribution in [2.75, 3.05) is 18.5 Å². The number of halogens is 1. The lowest BCUT2D eigenvalue weighted by Crippen LogP contribution is -2.26. The third-order valence-corrected chi connectivity index (χ3v) is 3.92. The van der Waals surface area contributed by atoms with Crippen LogP contribution in [0.2, 0.25) is 0 Å². The molecule has 6 heteroatoms. The van der Waals surface area contributed by atoms with E-state index < -0.39 is 11.7 Å². The molecule has 0 unspecified atom stereocenters. The van der Waals surface area contributed by atoms with Gasteiger partial charge in [0.05, 0.1) is 5.56 Å². The molecule has 0 atom stereocenters. The maximum absolute atomic E-state index is 14.2. The second-order valence-electron chi connectivity index (χ2n) is 5.37. The van der Waals surface area contributed by atoms with Crippen molar-refractivity contribution >= 4 is 23.7 Å². The first-order valence-electron chi connectivity index (χ1n) is 7.37. The maximum atomic E-state index is 14.2.